The van der Waals surface area contributed by atoms with Crippen molar-refractivity contribution in [2.24, 2.45) is 0 Å². The first-order valence-electron chi connectivity index (χ1n) is 12.5. The van der Waals surface area contributed by atoms with Gasteiger partial charge in [0, 0.05) is 31.7 Å². The molecule has 0 atom stereocenters. The Kier molecular flexibility index (Phi) is 8.63. The number of benzene rings is 3. The van der Waals surface area contributed by atoms with Crippen molar-refractivity contribution in [2.75, 3.05) is 36.9 Å². The molecular weight excluding hydrogens is 486 g/mol. The maximum absolute atomic E-state index is 12.9. The fourth-order valence-electron chi connectivity index (χ4n) is 4.46. The molecule has 1 N–H and O–H groups in total. The Morgan fingerprint density at radius 3 is 2.32 bits per heavy atom. The minimum atomic E-state index is -3.49. The van der Waals surface area contributed by atoms with Crippen LogP contribution in [0.4, 0.5) is 5.69 Å². The van der Waals surface area contributed by atoms with Crippen molar-refractivity contribution in [1.82, 2.24) is 10.2 Å². The lowest BCUT2D eigenvalue weighted by atomic mass is 10.1. The van der Waals surface area contributed by atoms with Crippen molar-refractivity contribution >= 4 is 21.6 Å². The first kappa shape index (κ1) is 26.9. The molecule has 8 heteroatoms. The van der Waals surface area contributed by atoms with Gasteiger partial charge in [-0.2, -0.15) is 0 Å². The minimum absolute atomic E-state index is 0.165. The van der Waals surface area contributed by atoms with Gasteiger partial charge in [0.15, 0.2) is 0 Å². The molecule has 4 rings (SSSR count). The van der Waals surface area contributed by atoms with Crippen molar-refractivity contribution < 1.29 is 17.9 Å². The number of carbonyl (C=O) groups excluding carboxylic acids is 1. The van der Waals surface area contributed by atoms with Gasteiger partial charge in [0.1, 0.15) is 0 Å². The second kappa shape index (κ2) is 11.9. The topological polar surface area (TPSA) is 79.0 Å². The first-order valence-corrected chi connectivity index (χ1v) is 14.3. The number of ether oxygens (including phenoxy) is 1. The van der Waals surface area contributed by atoms with Gasteiger partial charge in [-0.3, -0.25) is 14.0 Å². The summed E-state index contributed by atoms with van der Waals surface area (Å²) in [6.45, 7) is 8.64. The Morgan fingerprint density at radius 2 is 1.65 bits per heavy atom. The molecule has 196 valence electrons. The van der Waals surface area contributed by atoms with Crippen LogP contribution in [0.15, 0.2) is 66.7 Å². The van der Waals surface area contributed by atoms with E-state index in [1.807, 2.05) is 62.4 Å². The molecule has 0 spiro atoms. The predicted molar refractivity (Wildman–Crippen MR) is 147 cm³/mol. The van der Waals surface area contributed by atoms with Gasteiger partial charge in [0.2, 0.25) is 10.0 Å². The zero-order chi connectivity index (χ0) is 26.4. The van der Waals surface area contributed by atoms with Gasteiger partial charge in [0.25, 0.3) is 5.91 Å². The van der Waals surface area contributed by atoms with Crippen molar-refractivity contribution in [3.8, 4) is 0 Å². The van der Waals surface area contributed by atoms with Crippen LogP contribution >= 0.6 is 0 Å². The lowest BCUT2D eigenvalue weighted by Crippen LogP contribution is -2.36. The number of sulfonamides is 1. The van der Waals surface area contributed by atoms with E-state index in [9.17, 15) is 13.2 Å². The molecule has 1 aliphatic rings. The second-order valence-electron chi connectivity index (χ2n) is 9.60. The number of hydrogen-bond acceptors (Lipinski definition) is 5. The van der Waals surface area contributed by atoms with E-state index in [0.29, 0.717) is 17.8 Å². The minimum Gasteiger partial charge on any atom is -0.379 e. The molecule has 3 aromatic carbocycles. The molecule has 3 aromatic rings. The van der Waals surface area contributed by atoms with E-state index < -0.39 is 10.0 Å². The number of aryl methyl sites for hydroxylation is 2. The van der Waals surface area contributed by atoms with Crippen LogP contribution in [-0.4, -0.2) is 51.8 Å². The Labute approximate surface area is 220 Å². The third-order valence-electron chi connectivity index (χ3n) is 6.63. The van der Waals surface area contributed by atoms with Crippen molar-refractivity contribution in [3.63, 3.8) is 0 Å². The largest absolute Gasteiger partial charge is 0.379 e. The highest BCUT2D eigenvalue weighted by atomic mass is 32.2. The standard InChI is InChI=1S/C29H35N3O4S/c1-22-8-9-23(2)28(18-22)32(37(3,34)35)20-24-10-12-25(13-11-24)29(33)30-19-26-6-4-5-7-27(26)21-31-14-16-36-17-15-31/h4-13,18H,14-17,19-21H2,1-3H3,(H,30,33). The highest BCUT2D eigenvalue weighted by molar-refractivity contribution is 7.92. The summed E-state index contributed by atoms with van der Waals surface area (Å²) >= 11 is 0. The Morgan fingerprint density at radius 1 is 0.973 bits per heavy atom. The summed E-state index contributed by atoms with van der Waals surface area (Å²) in [6, 6.07) is 21.1. The molecule has 1 fully saturated rings. The summed E-state index contributed by atoms with van der Waals surface area (Å²) in [5, 5.41) is 3.03. The zero-order valence-corrected chi connectivity index (χ0v) is 22.6. The second-order valence-corrected chi connectivity index (χ2v) is 11.5. The third-order valence-corrected chi connectivity index (χ3v) is 7.76. The average Bonchev–Trinajstić information content (AvgIpc) is 2.88. The summed E-state index contributed by atoms with van der Waals surface area (Å²) in [4.78, 5) is 15.2. The average molecular weight is 522 g/mol. The smallest absolute Gasteiger partial charge is 0.251 e. The van der Waals surface area contributed by atoms with Crippen LogP contribution in [0.25, 0.3) is 0 Å². The van der Waals surface area contributed by atoms with Crippen molar-refractivity contribution in [3.05, 3.63) is 100 Å². The molecule has 0 aromatic heterocycles. The summed E-state index contributed by atoms with van der Waals surface area (Å²) in [5.41, 5.74) is 6.18. The van der Waals surface area contributed by atoms with Gasteiger partial charge >= 0.3 is 0 Å². The molecule has 1 saturated heterocycles. The van der Waals surface area contributed by atoms with Crippen LogP contribution < -0.4 is 9.62 Å². The molecule has 0 unspecified atom stereocenters. The molecule has 7 nitrogen and oxygen atoms in total. The fraction of sp³-hybridized carbons (Fsp3) is 0.345. The molecule has 0 bridgehead atoms. The van der Waals surface area contributed by atoms with Gasteiger partial charge in [-0.25, -0.2) is 8.42 Å². The van der Waals surface area contributed by atoms with E-state index in [4.69, 9.17) is 4.74 Å². The monoisotopic (exact) mass is 521 g/mol. The third kappa shape index (κ3) is 7.19. The molecule has 0 saturated carbocycles. The number of rotatable bonds is 9. The summed E-state index contributed by atoms with van der Waals surface area (Å²) < 4.78 is 32.1. The zero-order valence-electron chi connectivity index (χ0n) is 21.7. The van der Waals surface area contributed by atoms with Crippen LogP contribution in [-0.2, 0) is 34.4 Å². The maximum atomic E-state index is 12.9. The van der Waals surface area contributed by atoms with Crippen LogP contribution in [0.3, 0.4) is 0 Å². The maximum Gasteiger partial charge on any atom is 0.251 e. The quantitative estimate of drug-likeness (QED) is 0.460. The number of nitrogens with zero attached hydrogens (tertiary/aromatic N) is 2. The van der Waals surface area contributed by atoms with Crippen LogP contribution in [0.2, 0.25) is 0 Å². The highest BCUT2D eigenvalue weighted by Gasteiger charge is 2.20. The number of hydrogen-bond donors (Lipinski definition) is 1. The Hall–Kier alpha value is -3.20. The first-order chi connectivity index (χ1) is 17.7. The van der Waals surface area contributed by atoms with Gasteiger partial charge in [-0.05, 0) is 59.9 Å². The molecule has 1 aliphatic heterocycles. The summed E-state index contributed by atoms with van der Waals surface area (Å²) in [6.07, 6.45) is 1.22. The lowest BCUT2D eigenvalue weighted by Gasteiger charge is -2.27. The molecular formula is C29H35N3O4S. The van der Waals surface area contributed by atoms with E-state index in [0.717, 1.165) is 55.1 Å². The molecule has 0 aliphatic carbocycles. The van der Waals surface area contributed by atoms with E-state index in [2.05, 4.69) is 16.3 Å². The molecule has 0 radical (unpaired) electrons. The van der Waals surface area contributed by atoms with E-state index >= 15 is 0 Å². The number of carbonyl (C=O) groups is 1. The Balaban J connectivity index is 1.41. The summed E-state index contributed by atoms with van der Waals surface area (Å²) in [7, 11) is -3.49. The van der Waals surface area contributed by atoms with Gasteiger partial charge in [-0.15, -0.1) is 0 Å². The van der Waals surface area contributed by atoms with Crippen molar-refractivity contribution in [1.29, 1.82) is 0 Å². The van der Waals surface area contributed by atoms with Gasteiger partial charge in [0.05, 0.1) is 31.7 Å². The number of amides is 1. The number of anilines is 1. The molecule has 1 amide bonds. The predicted octanol–water partition coefficient (Wildman–Crippen LogP) is 4.03. The van der Waals surface area contributed by atoms with E-state index in [1.165, 1.54) is 16.1 Å². The number of nitrogens with one attached hydrogen (secondary N) is 1. The van der Waals surface area contributed by atoms with Crippen LogP contribution in [0.5, 0.6) is 0 Å². The Bertz CT molecular complexity index is 1330. The van der Waals surface area contributed by atoms with E-state index in [-0.39, 0.29) is 12.5 Å². The van der Waals surface area contributed by atoms with Crippen LogP contribution in [0, 0.1) is 13.8 Å². The highest BCUT2D eigenvalue weighted by Crippen LogP contribution is 2.26. The fourth-order valence-corrected chi connectivity index (χ4v) is 5.40. The van der Waals surface area contributed by atoms with Crippen LogP contribution in [0.1, 0.15) is 38.2 Å². The summed E-state index contributed by atoms with van der Waals surface area (Å²) in [5.74, 6) is -0.165. The lowest BCUT2D eigenvalue weighted by molar-refractivity contribution is 0.0340. The molecule has 37 heavy (non-hydrogen) atoms. The number of morpholine rings is 1. The SMILES string of the molecule is Cc1ccc(C)c(N(Cc2ccc(C(=O)NCc3ccccc3CN3CCOCC3)cc2)S(C)(=O)=O)c1. The van der Waals surface area contributed by atoms with Crippen molar-refractivity contribution in [2.45, 2.75) is 33.5 Å². The van der Waals surface area contributed by atoms with Gasteiger partial charge < -0.3 is 10.1 Å². The normalized spacial score (nSPS) is 14.4. The van der Waals surface area contributed by atoms with E-state index in [1.54, 1.807) is 12.1 Å². The van der Waals surface area contributed by atoms with Gasteiger partial charge in [-0.1, -0.05) is 48.5 Å². The molecule has 1 heterocycles.